The fraction of sp³-hybridized carbons (Fsp3) is 0.412. The molecule has 1 heterocycles. The predicted molar refractivity (Wildman–Crippen MR) is 91.7 cm³/mol. The largest absolute Gasteiger partial charge is 0.390 e. The summed E-state index contributed by atoms with van der Waals surface area (Å²) in [5, 5.41) is 5.48. The molecule has 142 valence electrons. The number of hydrogen-bond acceptors (Lipinski definition) is 2. The smallest absolute Gasteiger partial charge is 0.357 e. The lowest BCUT2D eigenvalue weighted by molar-refractivity contribution is -0.132. The molecule has 0 atom stereocenters. The Morgan fingerprint density at radius 1 is 1.27 bits per heavy atom. The Labute approximate surface area is 149 Å². The Balaban J connectivity index is 2.04. The molecule has 2 rings (SSSR count). The van der Waals surface area contributed by atoms with Crippen molar-refractivity contribution in [2.45, 2.75) is 33.0 Å². The van der Waals surface area contributed by atoms with Crippen LogP contribution in [0.4, 0.5) is 17.6 Å². The van der Waals surface area contributed by atoms with Crippen molar-refractivity contribution in [2.75, 3.05) is 13.1 Å². The minimum absolute atomic E-state index is 0.140. The molecule has 0 bridgehead atoms. The summed E-state index contributed by atoms with van der Waals surface area (Å²) >= 11 is 0. The van der Waals surface area contributed by atoms with Crippen LogP contribution in [-0.2, 0) is 6.54 Å². The van der Waals surface area contributed by atoms with Crippen LogP contribution < -0.4 is 10.6 Å². The molecule has 0 saturated carbocycles. The molecule has 0 aliphatic carbocycles. The Kier molecular flexibility index (Phi) is 6.59. The summed E-state index contributed by atoms with van der Waals surface area (Å²) in [5.41, 5.74) is 0.986. The molecule has 0 aliphatic rings. The van der Waals surface area contributed by atoms with Gasteiger partial charge in [0.1, 0.15) is 11.6 Å². The van der Waals surface area contributed by atoms with E-state index in [1.165, 1.54) is 6.07 Å². The number of halogens is 4. The quantitative estimate of drug-likeness (QED) is 0.465. The van der Waals surface area contributed by atoms with Crippen LogP contribution in [0.1, 0.15) is 24.7 Å². The number of benzene rings is 1. The number of nitrogens with zero attached hydrogens (tertiary/aromatic N) is 3. The molecule has 0 amide bonds. The van der Waals surface area contributed by atoms with Gasteiger partial charge in [0, 0.05) is 25.5 Å². The van der Waals surface area contributed by atoms with E-state index in [4.69, 9.17) is 0 Å². The predicted octanol–water partition coefficient (Wildman–Crippen LogP) is 3.33. The van der Waals surface area contributed by atoms with Gasteiger partial charge in [-0.05, 0) is 31.5 Å². The lowest BCUT2D eigenvalue weighted by Crippen LogP contribution is -2.38. The maximum Gasteiger partial charge on any atom is 0.390 e. The molecule has 0 unspecified atom stereocenters. The van der Waals surface area contributed by atoms with Gasteiger partial charge in [-0.1, -0.05) is 6.07 Å². The molecule has 0 fully saturated rings. The zero-order chi connectivity index (χ0) is 19.2. The molecule has 0 radical (unpaired) electrons. The zero-order valence-electron chi connectivity index (χ0n) is 14.6. The van der Waals surface area contributed by atoms with Gasteiger partial charge in [-0.3, -0.25) is 0 Å². The topological polar surface area (TPSA) is 54.2 Å². The van der Waals surface area contributed by atoms with Gasteiger partial charge < -0.3 is 15.2 Å². The molecule has 2 aromatic rings. The highest BCUT2D eigenvalue weighted by Crippen LogP contribution is 2.18. The first kappa shape index (κ1) is 19.7. The van der Waals surface area contributed by atoms with Crippen molar-refractivity contribution >= 4 is 5.96 Å². The van der Waals surface area contributed by atoms with Crippen molar-refractivity contribution in [3.8, 4) is 5.69 Å². The number of nitrogens with one attached hydrogen (secondary N) is 2. The van der Waals surface area contributed by atoms with Gasteiger partial charge in [0.2, 0.25) is 0 Å². The summed E-state index contributed by atoms with van der Waals surface area (Å²) < 4.78 is 52.6. The Morgan fingerprint density at radius 2 is 2.04 bits per heavy atom. The maximum atomic E-state index is 14.3. The summed E-state index contributed by atoms with van der Waals surface area (Å²) in [4.78, 5) is 8.26. The van der Waals surface area contributed by atoms with E-state index in [-0.39, 0.29) is 19.0 Å². The first-order chi connectivity index (χ1) is 12.3. The van der Waals surface area contributed by atoms with Crippen molar-refractivity contribution in [3.63, 3.8) is 0 Å². The van der Waals surface area contributed by atoms with E-state index < -0.39 is 18.4 Å². The monoisotopic (exact) mass is 371 g/mol. The fourth-order valence-electron chi connectivity index (χ4n) is 2.31. The minimum Gasteiger partial charge on any atom is -0.357 e. The summed E-state index contributed by atoms with van der Waals surface area (Å²) in [6, 6.07) is 4.71. The van der Waals surface area contributed by atoms with Gasteiger partial charge in [0.05, 0.1) is 18.7 Å². The van der Waals surface area contributed by atoms with E-state index in [1.54, 1.807) is 36.0 Å². The minimum atomic E-state index is -4.23. The number of aliphatic imine (C=N–C) groups is 1. The molecule has 26 heavy (non-hydrogen) atoms. The third-order valence-corrected chi connectivity index (χ3v) is 3.56. The Bertz CT molecular complexity index is 752. The average Bonchev–Trinajstić information content (AvgIpc) is 2.97. The molecule has 1 aromatic carbocycles. The van der Waals surface area contributed by atoms with Gasteiger partial charge in [0.25, 0.3) is 0 Å². The van der Waals surface area contributed by atoms with Gasteiger partial charge >= 0.3 is 6.18 Å². The van der Waals surface area contributed by atoms with Crippen molar-refractivity contribution in [2.24, 2.45) is 4.99 Å². The number of alkyl halides is 3. The molecule has 0 saturated heterocycles. The molecule has 5 nitrogen and oxygen atoms in total. The standard InChI is InChI=1S/C17H21F4N5/c1-3-22-16(24-7-6-17(19,20)21)25-11-13-4-5-15(14(18)10-13)26-9-8-23-12(26)2/h4-5,8-10H,3,6-7,11H2,1-2H3,(H2,22,24,25). The van der Waals surface area contributed by atoms with Crippen molar-refractivity contribution < 1.29 is 17.6 Å². The van der Waals surface area contributed by atoms with Crippen LogP contribution in [0.25, 0.3) is 5.69 Å². The molecule has 0 spiro atoms. The molecule has 0 aliphatic heterocycles. The van der Waals surface area contributed by atoms with Gasteiger partial charge in [0.15, 0.2) is 5.96 Å². The van der Waals surface area contributed by atoms with E-state index >= 15 is 0 Å². The van der Waals surface area contributed by atoms with E-state index in [2.05, 4.69) is 20.6 Å². The summed E-state index contributed by atoms with van der Waals surface area (Å²) in [6.45, 7) is 3.95. The third kappa shape index (κ3) is 5.75. The molecular weight excluding hydrogens is 350 g/mol. The number of guanidine groups is 1. The van der Waals surface area contributed by atoms with Gasteiger partial charge in [-0.2, -0.15) is 13.2 Å². The number of aromatic nitrogens is 2. The first-order valence-corrected chi connectivity index (χ1v) is 8.18. The third-order valence-electron chi connectivity index (χ3n) is 3.56. The van der Waals surface area contributed by atoms with Crippen LogP contribution in [0, 0.1) is 12.7 Å². The Hall–Kier alpha value is -2.58. The van der Waals surface area contributed by atoms with Crippen LogP contribution in [-0.4, -0.2) is 34.8 Å². The second-order valence-electron chi connectivity index (χ2n) is 5.62. The second-order valence-corrected chi connectivity index (χ2v) is 5.62. The van der Waals surface area contributed by atoms with Crippen LogP contribution in [0.2, 0.25) is 0 Å². The van der Waals surface area contributed by atoms with Crippen LogP contribution in [0.15, 0.2) is 35.6 Å². The summed E-state index contributed by atoms with van der Waals surface area (Å²) in [6.07, 6.45) is -1.93. The number of aryl methyl sites for hydroxylation is 1. The molecular formula is C17H21F4N5. The van der Waals surface area contributed by atoms with Gasteiger partial charge in [-0.15, -0.1) is 0 Å². The highest BCUT2D eigenvalue weighted by atomic mass is 19.4. The SMILES string of the molecule is CCNC(=NCc1ccc(-n2ccnc2C)c(F)c1)NCCC(F)(F)F. The lowest BCUT2D eigenvalue weighted by Gasteiger charge is -2.13. The van der Waals surface area contributed by atoms with Crippen LogP contribution >= 0.6 is 0 Å². The van der Waals surface area contributed by atoms with Crippen molar-refractivity contribution in [1.29, 1.82) is 0 Å². The highest BCUT2D eigenvalue weighted by Gasteiger charge is 2.26. The Morgan fingerprint density at radius 3 is 2.62 bits per heavy atom. The fourth-order valence-corrected chi connectivity index (χ4v) is 2.31. The van der Waals surface area contributed by atoms with Crippen LogP contribution in [0.3, 0.4) is 0 Å². The number of rotatable bonds is 6. The van der Waals surface area contributed by atoms with Crippen molar-refractivity contribution in [1.82, 2.24) is 20.2 Å². The maximum absolute atomic E-state index is 14.3. The molecule has 1 aromatic heterocycles. The number of hydrogen-bond donors (Lipinski definition) is 2. The highest BCUT2D eigenvalue weighted by molar-refractivity contribution is 5.79. The van der Waals surface area contributed by atoms with E-state index in [1.807, 2.05) is 6.92 Å². The van der Waals surface area contributed by atoms with Gasteiger partial charge in [-0.25, -0.2) is 14.4 Å². The lowest BCUT2D eigenvalue weighted by atomic mass is 10.2. The molecule has 2 N–H and O–H groups in total. The van der Waals surface area contributed by atoms with Crippen LogP contribution in [0.5, 0.6) is 0 Å². The normalized spacial score (nSPS) is 12.3. The zero-order valence-corrected chi connectivity index (χ0v) is 14.6. The summed E-state index contributed by atoms with van der Waals surface area (Å²) in [7, 11) is 0. The number of imidazole rings is 1. The first-order valence-electron chi connectivity index (χ1n) is 8.18. The molecule has 9 heteroatoms. The summed E-state index contributed by atoms with van der Waals surface area (Å²) in [5.74, 6) is 0.499. The van der Waals surface area contributed by atoms with E-state index in [0.717, 1.165) is 0 Å². The average molecular weight is 371 g/mol. The van der Waals surface area contributed by atoms with E-state index in [9.17, 15) is 17.6 Å². The second kappa shape index (κ2) is 8.68. The van der Waals surface area contributed by atoms with Crippen molar-refractivity contribution in [3.05, 3.63) is 47.8 Å². The van der Waals surface area contributed by atoms with E-state index in [0.29, 0.717) is 23.6 Å².